The lowest BCUT2D eigenvalue weighted by molar-refractivity contribution is 0.409. The van der Waals surface area contributed by atoms with E-state index in [1.165, 1.54) is 11.3 Å². The van der Waals surface area contributed by atoms with Crippen molar-refractivity contribution in [1.82, 2.24) is 25.4 Å². The molecule has 0 amide bonds. The maximum absolute atomic E-state index is 5.47. The van der Waals surface area contributed by atoms with Crippen LogP contribution in [0.25, 0.3) is 0 Å². The summed E-state index contributed by atoms with van der Waals surface area (Å²) < 4.78 is 7.43. The smallest absolute Gasteiger partial charge is 0.191 e. The summed E-state index contributed by atoms with van der Waals surface area (Å²) >= 11 is 0. The molecule has 0 bridgehead atoms. The molecular formula is C25H35N7O. The monoisotopic (exact) mass is 449 g/mol. The van der Waals surface area contributed by atoms with Crippen LogP contribution < -0.4 is 20.3 Å². The summed E-state index contributed by atoms with van der Waals surface area (Å²) in [6.07, 6.45) is 1.83. The number of hydrogen-bond acceptors (Lipinski definition) is 5. The van der Waals surface area contributed by atoms with Gasteiger partial charge in [-0.2, -0.15) is 0 Å². The van der Waals surface area contributed by atoms with Crippen LogP contribution in [0.5, 0.6) is 5.75 Å². The zero-order valence-corrected chi connectivity index (χ0v) is 20.1. The van der Waals surface area contributed by atoms with Crippen molar-refractivity contribution in [2.75, 3.05) is 38.7 Å². The van der Waals surface area contributed by atoms with Crippen molar-refractivity contribution in [1.29, 1.82) is 0 Å². The third-order valence-electron chi connectivity index (χ3n) is 5.60. The topological polar surface area (TPSA) is 79.6 Å². The molecule has 0 fully saturated rings. The highest BCUT2D eigenvalue weighted by molar-refractivity contribution is 5.79. The number of aliphatic imine (C=N–C) groups is 1. The molecule has 1 aromatic heterocycles. The van der Waals surface area contributed by atoms with Gasteiger partial charge < -0.3 is 24.8 Å². The van der Waals surface area contributed by atoms with Gasteiger partial charge >= 0.3 is 0 Å². The number of rotatable bonds is 11. The Balaban J connectivity index is 1.55. The number of ether oxygens (including phenoxy) is 1. The van der Waals surface area contributed by atoms with Gasteiger partial charge in [0.1, 0.15) is 18.1 Å². The normalized spacial score (nSPS) is 11.3. The molecule has 2 aromatic carbocycles. The van der Waals surface area contributed by atoms with E-state index in [-0.39, 0.29) is 0 Å². The Hall–Kier alpha value is -3.55. The number of hydrogen-bond donors (Lipinski definition) is 2. The molecule has 0 saturated carbocycles. The number of aryl methyl sites for hydroxylation is 1. The highest BCUT2D eigenvalue weighted by Crippen LogP contribution is 2.17. The van der Waals surface area contributed by atoms with Crippen molar-refractivity contribution in [3.8, 4) is 5.75 Å². The summed E-state index contributed by atoms with van der Waals surface area (Å²) in [5.41, 5.74) is 2.39. The van der Waals surface area contributed by atoms with E-state index in [4.69, 9.17) is 9.73 Å². The van der Waals surface area contributed by atoms with Crippen molar-refractivity contribution in [3.05, 3.63) is 71.8 Å². The predicted molar refractivity (Wildman–Crippen MR) is 134 cm³/mol. The Morgan fingerprint density at radius 1 is 1.03 bits per heavy atom. The first-order valence-electron chi connectivity index (χ1n) is 11.3. The fourth-order valence-corrected chi connectivity index (χ4v) is 3.47. The molecule has 8 heteroatoms. The molecule has 0 aliphatic carbocycles. The number of methoxy groups -OCH3 is 1. The van der Waals surface area contributed by atoms with Gasteiger partial charge in [0.25, 0.3) is 0 Å². The average molecular weight is 450 g/mol. The zero-order valence-electron chi connectivity index (χ0n) is 20.1. The van der Waals surface area contributed by atoms with Crippen LogP contribution in [-0.4, -0.2) is 54.5 Å². The van der Waals surface area contributed by atoms with E-state index >= 15 is 0 Å². The Morgan fingerprint density at radius 3 is 2.48 bits per heavy atom. The van der Waals surface area contributed by atoms with Gasteiger partial charge in [-0.15, -0.1) is 10.2 Å². The summed E-state index contributed by atoms with van der Waals surface area (Å²) in [6.45, 7) is 4.91. The van der Waals surface area contributed by atoms with E-state index in [0.29, 0.717) is 6.54 Å². The van der Waals surface area contributed by atoms with Gasteiger partial charge in [-0.1, -0.05) is 36.4 Å². The van der Waals surface area contributed by atoms with Crippen molar-refractivity contribution in [3.63, 3.8) is 0 Å². The lowest BCUT2D eigenvalue weighted by Crippen LogP contribution is -2.39. The first-order valence-corrected chi connectivity index (χ1v) is 11.3. The molecule has 1 heterocycles. The quantitative estimate of drug-likeness (QED) is 0.266. The maximum Gasteiger partial charge on any atom is 0.191 e. The minimum absolute atomic E-state index is 0.464. The number of benzene rings is 2. The van der Waals surface area contributed by atoms with Gasteiger partial charge in [0, 0.05) is 39.4 Å². The molecule has 0 atom stereocenters. The minimum Gasteiger partial charge on any atom is -0.496 e. The molecule has 3 rings (SSSR count). The van der Waals surface area contributed by atoms with Gasteiger partial charge in [-0.3, -0.25) is 0 Å². The molecule has 33 heavy (non-hydrogen) atoms. The number of para-hydroxylation sites is 2. The van der Waals surface area contributed by atoms with Crippen LogP contribution in [0.2, 0.25) is 0 Å². The summed E-state index contributed by atoms with van der Waals surface area (Å²) in [7, 11) is 5.78. The van der Waals surface area contributed by atoms with Gasteiger partial charge in [0.05, 0.1) is 7.11 Å². The molecule has 176 valence electrons. The minimum atomic E-state index is 0.464. The first-order chi connectivity index (χ1) is 16.1. The number of nitrogens with zero attached hydrogens (tertiary/aromatic N) is 5. The molecule has 8 nitrogen and oxygen atoms in total. The predicted octanol–water partition coefficient (Wildman–Crippen LogP) is 2.94. The average Bonchev–Trinajstić information content (AvgIpc) is 3.17. The van der Waals surface area contributed by atoms with E-state index in [1.54, 1.807) is 7.11 Å². The third kappa shape index (κ3) is 7.24. The molecule has 0 unspecified atom stereocenters. The molecule has 0 radical (unpaired) electrons. The Bertz CT molecular complexity index is 1020. The largest absolute Gasteiger partial charge is 0.496 e. The van der Waals surface area contributed by atoms with E-state index in [9.17, 15) is 0 Å². The molecular weight excluding hydrogens is 414 g/mol. The highest BCUT2D eigenvalue weighted by atomic mass is 16.5. The van der Waals surface area contributed by atoms with E-state index in [2.05, 4.69) is 63.1 Å². The standard InChI is InChI=1S/C25H35N7O/c1-20-29-30-24(32(20)3)19-28-25(27-17-15-21-11-8-9-14-23(21)33-4)26-16-10-18-31(2)22-12-6-5-7-13-22/h5-9,11-14H,10,15-19H2,1-4H3,(H2,26,27,28). The van der Waals surface area contributed by atoms with Crippen molar-refractivity contribution in [2.45, 2.75) is 26.3 Å². The summed E-state index contributed by atoms with van der Waals surface area (Å²) in [6, 6.07) is 18.5. The maximum atomic E-state index is 5.47. The van der Waals surface area contributed by atoms with Crippen LogP contribution in [0.1, 0.15) is 23.6 Å². The van der Waals surface area contributed by atoms with Crippen LogP contribution in [-0.2, 0) is 20.0 Å². The second-order valence-electron chi connectivity index (χ2n) is 7.91. The summed E-state index contributed by atoms with van der Waals surface area (Å²) in [5.74, 6) is 3.39. The molecule has 0 aliphatic rings. The fourth-order valence-electron chi connectivity index (χ4n) is 3.47. The first kappa shape index (κ1) is 24.1. The van der Waals surface area contributed by atoms with Crippen LogP contribution in [0.3, 0.4) is 0 Å². The number of nitrogens with one attached hydrogen (secondary N) is 2. The SMILES string of the molecule is COc1ccccc1CCNC(=NCc1nnc(C)n1C)NCCCN(C)c1ccccc1. The highest BCUT2D eigenvalue weighted by Gasteiger charge is 2.07. The Labute approximate surface area is 196 Å². The second-order valence-corrected chi connectivity index (χ2v) is 7.91. The molecule has 0 spiro atoms. The van der Waals surface area contributed by atoms with E-state index < -0.39 is 0 Å². The van der Waals surface area contributed by atoms with Crippen LogP contribution in [0.15, 0.2) is 59.6 Å². The summed E-state index contributed by atoms with van der Waals surface area (Å²) in [5, 5.41) is 15.2. The Morgan fingerprint density at radius 2 is 1.76 bits per heavy atom. The molecule has 3 aromatic rings. The number of aromatic nitrogens is 3. The van der Waals surface area contributed by atoms with Crippen molar-refractivity contribution >= 4 is 11.6 Å². The summed E-state index contributed by atoms with van der Waals surface area (Å²) in [4.78, 5) is 7.00. The molecule has 0 saturated heterocycles. The van der Waals surface area contributed by atoms with Gasteiger partial charge in [-0.25, -0.2) is 4.99 Å². The van der Waals surface area contributed by atoms with Crippen LogP contribution in [0.4, 0.5) is 5.69 Å². The zero-order chi connectivity index (χ0) is 23.5. The second kappa shape index (κ2) is 12.5. The number of anilines is 1. The third-order valence-corrected chi connectivity index (χ3v) is 5.60. The van der Waals surface area contributed by atoms with E-state index in [1.807, 2.05) is 42.8 Å². The Kier molecular flexibility index (Phi) is 9.11. The van der Waals surface area contributed by atoms with Crippen LogP contribution >= 0.6 is 0 Å². The van der Waals surface area contributed by atoms with Crippen molar-refractivity contribution in [2.24, 2.45) is 12.0 Å². The fraction of sp³-hybridized carbons (Fsp3) is 0.400. The molecule has 2 N–H and O–H groups in total. The molecule has 0 aliphatic heterocycles. The van der Waals surface area contributed by atoms with E-state index in [0.717, 1.165) is 55.8 Å². The lowest BCUT2D eigenvalue weighted by atomic mass is 10.1. The van der Waals surface area contributed by atoms with Gasteiger partial charge in [0.2, 0.25) is 0 Å². The van der Waals surface area contributed by atoms with Gasteiger partial charge in [-0.05, 0) is 43.5 Å². The lowest BCUT2D eigenvalue weighted by Gasteiger charge is -2.20. The van der Waals surface area contributed by atoms with Crippen LogP contribution in [0, 0.1) is 6.92 Å². The van der Waals surface area contributed by atoms with Crippen molar-refractivity contribution < 1.29 is 4.74 Å². The number of guanidine groups is 1. The van der Waals surface area contributed by atoms with Gasteiger partial charge in [0.15, 0.2) is 11.8 Å².